The number of allylic oxidation sites excluding steroid dienone is 3. The van der Waals surface area contributed by atoms with Crippen LogP contribution in [0.15, 0.2) is 23.3 Å². The molecule has 0 N–H and O–H groups in total. The molecule has 124 valence electrons. The first-order valence-electron chi connectivity index (χ1n) is 9.34. The molecule has 4 aliphatic rings. The minimum Gasteiger partial charge on any atom is -0.295 e. The van der Waals surface area contributed by atoms with Crippen molar-refractivity contribution >= 4 is 11.6 Å². The first-order valence-corrected chi connectivity index (χ1v) is 9.34. The quantitative estimate of drug-likeness (QED) is 0.610. The molecule has 0 amide bonds. The van der Waals surface area contributed by atoms with Gasteiger partial charge in [-0.05, 0) is 79.3 Å². The fourth-order valence-electron chi connectivity index (χ4n) is 6.71. The molecule has 0 aromatic rings. The molecule has 3 saturated carbocycles. The fourth-order valence-corrected chi connectivity index (χ4v) is 6.71. The van der Waals surface area contributed by atoms with Gasteiger partial charge in [0, 0.05) is 12.8 Å². The highest BCUT2D eigenvalue weighted by atomic mass is 16.1. The zero-order valence-corrected chi connectivity index (χ0v) is 14.7. The summed E-state index contributed by atoms with van der Waals surface area (Å²) in [7, 11) is 0. The Hall–Kier alpha value is -1.18. The molecule has 4 rings (SSSR count). The second-order valence-corrected chi connectivity index (χ2v) is 8.75. The summed E-state index contributed by atoms with van der Waals surface area (Å²) < 4.78 is 0. The van der Waals surface area contributed by atoms with Crippen LogP contribution >= 0.6 is 0 Å². The van der Waals surface area contributed by atoms with E-state index in [2.05, 4.69) is 19.9 Å². The van der Waals surface area contributed by atoms with Crippen molar-refractivity contribution in [3.8, 4) is 0 Å². The van der Waals surface area contributed by atoms with Crippen molar-refractivity contribution < 1.29 is 9.59 Å². The van der Waals surface area contributed by atoms with Crippen molar-refractivity contribution in [2.24, 2.45) is 28.6 Å². The van der Waals surface area contributed by atoms with Gasteiger partial charge in [-0.3, -0.25) is 9.59 Å². The van der Waals surface area contributed by atoms with Gasteiger partial charge in [-0.2, -0.15) is 0 Å². The maximum Gasteiger partial charge on any atom is 0.159 e. The molecule has 0 aromatic heterocycles. The SMILES string of the molecule is C/C=C1\C(=O)CC2[C@H]3CCC4=CC(=O)CC[C@]4(C)[C@@H]3CC[C@@]12C. The number of carbonyl (C=O) groups excluding carboxylic acids is 2. The molecule has 2 heteroatoms. The van der Waals surface area contributed by atoms with Crippen molar-refractivity contribution in [2.75, 3.05) is 0 Å². The van der Waals surface area contributed by atoms with Gasteiger partial charge in [0.05, 0.1) is 0 Å². The second kappa shape index (κ2) is 4.91. The number of carbonyl (C=O) groups is 2. The Balaban J connectivity index is 1.72. The third-order valence-corrected chi connectivity index (χ3v) is 7.96. The van der Waals surface area contributed by atoms with Crippen LogP contribution in [-0.4, -0.2) is 11.6 Å². The van der Waals surface area contributed by atoms with Crippen LogP contribution in [0.3, 0.4) is 0 Å². The normalized spacial score (nSPS) is 47.9. The van der Waals surface area contributed by atoms with E-state index in [-0.39, 0.29) is 10.8 Å². The lowest BCUT2D eigenvalue weighted by Gasteiger charge is -2.57. The molecule has 2 nitrogen and oxygen atoms in total. The highest BCUT2D eigenvalue weighted by Crippen LogP contribution is 2.65. The van der Waals surface area contributed by atoms with Gasteiger partial charge in [0.1, 0.15) is 0 Å². The molecular formula is C21H28O2. The summed E-state index contributed by atoms with van der Waals surface area (Å²) in [6.07, 6.45) is 11.1. The third-order valence-electron chi connectivity index (χ3n) is 7.96. The Morgan fingerprint density at radius 1 is 1.04 bits per heavy atom. The minimum absolute atomic E-state index is 0.106. The molecule has 4 aliphatic carbocycles. The summed E-state index contributed by atoms with van der Waals surface area (Å²) in [4.78, 5) is 24.4. The molecule has 0 saturated heterocycles. The van der Waals surface area contributed by atoms with Crippen LogP contribution in [0.25, 0.3) is 0 Å². The van der Waals surface area contributed by atoms with Crippen LogP contribution in [0.1, 0.15) is 65.7 Å². The fraction of sp³-hybridized carbons (Fsp3) is 0.714. The first kappa shape index (κ1) is 15.4. The summed E-state index contributed by atoms with van der Waals surface area (Å²) in [6.45, 7) is 6.77. The predicted molar refractivity (Wildman–Crippen MR) is 90.9 cm³/mol. The minimum atomic E-state index is 0.106. The Kier molecular flexibility index (Phi) is 3.28. The second-order valence-electron chi connectivity index (χ2n) is 8.75. The van der Waals surface area contributed by atoms with E-state index in [0.717, 1.165) is 31.3 Å². The summed E-state index contributed by atoms with van der Waals surface area (Å²) in [5.41, 5.74) is 2.83. The average molecular weight is 312 g/mol. The molecule has 0 radical (unpaired) electrons. The number of Topliss-reactive ketones (excluding diaryl/α,β-unsaturated/α-hetero) is 1. The largest absolute Gasteiger partial charge is 0.295 e. The predicted octanol–water partition coefficient (Wildman–Crippen LogP) is 4.64. The van der Waals surface area contributed by atoms with E-state index in [1.807, 2.05) is 13.0 Å². The summed E-state index contributed by atoms with van der Waals surface area (Å²) in [5.74, 6) is 2.56. The Labute approximate surface area is 139 Å². The van der Waals surface area contributed by atoms with Gasteiger partial charge >= 0.3 is 0 Å². The molecule has 0 aliphatic heterocycles. The lowest BCUT2D eigenvalue weighted by Crippen LogP contribution is -2.49. The van der Waals surface area contributed by atoms with Crippen molar-refractivity contribution in [2.45, 2.75) is 65.7 Å². The van der Waals surface area contributed by atoms with E-state index in [4.69, 9.17) is 0 Å². The van der Waals surface area contributed by atoms with Gasteiger partial charge in [-0.15, -0.1) is 0 Å². The summed E-state index contributed by atoms with van der Waals surface area (Å²) >= 11 is 0. The van der Waals surface area contributed by atoms with Crippen molar-refractivity contribution in [1.82, 2.24) is 0 Å². The Morgan fingerprint density at radius 2 is 1.83 bits per heavy atom. The number of hydrogen-bond acceptors (Lipinski definition) is 2. The van der Waals surface area contributed by atoms with E-state index in [1.165, 1.54) is 18.4 Å². The number of hydrogen-bond donors (Lipinski definition) is 0. The van der Waals surface area contributed by atoms with Gasteiger partial charge in [0.2, 0.25) is 0 Å². The maximum absolute atomic E-state index is 12.5. The molecule has 0 bridgehead atoms. The first-order chi connectivity index (χ1) is 10.9. The molecule has 0 heterocycles. The van der Waals surface area contributed by atoms with Gasteiger partial charge in [-0.1, -0.05) is 25.5 Å². The number of fused-ring (bicyclic) bond motifs is 5. The highest BCUT2D eigenvalue weighted by molar-refractivity contribution is 5.99. The Bertz CT molecular complexity index is 640. The standard InChI is InChI=1S/C21H28O2/c1-4-16-19(23)12-18-15-6-5-13-11-14(22)7-9-20(13,2)17(15)8-10-21(16,18)3/h4,11,15,17-18H,5-10,12H2,1-3H3/b16-4+/t15-,17+,18?,20-,21-/m0/s1. The van der Waals surface area contributed by atoms with E-state index in [0.29, 0.717) is 35.7 Å². The van der Waals surface area contributed by atoms with E-state index in [9.17, 15) is 9.59 Å². The van der Waals surface area contributed by atoms with Gasteiger partial charge in [0.15, 0.2) is 11.6 Å². The van der Waals surface area contributed by atoms with E-state index in [1.54, 1.807) is 0 Å². The molecule has 0 aromatic carbocycles. The zero-order chi connectivity index (χ0) is 16.4. The molecule has 1 unspecified atom stereocenters. The maximum atomic E-state index is 12.5. The van der Waals surface area contributed by atoms with Crippen LogP contribution in [0, 0.1) is 28.6 Å². The van der Waals surface area contributed by atoms with Crippen LogP contribution in [-0.2, 0) is 9.59 Å². The van der Waals surface area contributed by atoms with Crippen LogP contribution < -0.4 is 0 Å². The number of ketones is 2. The zero-order valence-electron chi connectivity index (χ0n) is 14.7. The molecular weight excluding hydrogens is 284 g/mol. The smallest absolute Gasteiger partial charge is 0.159 e. The highest BCUT2D eigenvalue weighted by Gasteiger charge is 2.59. The molecule has 5 atom stereocenters. The van der Waals surface area contributed by atoms with E-state index < -0.39 is 0 Å². The van der Waals surface area contributed by atoms with Crippen molar-refractivity contribution in [1.29, 1.82) is 0 Å². The third kappa shape index (κ3) is 1.93. The lowest BCUT2D eigenvalue weighted by atomic mass is 9.47. The topological polar surface area (TPSA) is 34.1 Å². The van der Waals surface area contributed by atoms with Crippen molar-refractivity contribution in [3.63, 3.8) is 0 Å². The molecule has 23 heavy (non-hydrogen) atoms. The lowest BCUT2D eigenvalue weighted by molar-refractivity contribution is -0.117. The van der Waals surface area contributed by atoms with Gasteiger partial charge in [-0.25, -0.2) is 0 Å². The monoisotopic (exact) mass is 312 g/mol. The summed E-state index contributed by atoms with van der Waals surface area (Å²) in [6, 6.07) is 0. The molecule has 0 spiro atoms. The van der Waals surface area contributed by atoms with Crippen LogP contribution in [0.4, 0.5) is 0 Å². The van der Waals surface area contributed by atoms with Crippen LogP contribution in [0.2, 0.25) is 0 Å². The van der Waals surface area contributed by atoms with Gasteiger partial charge < -0.3 is 0 Å². The average Bonchev–Trinajstić information content (AvgIpc) is 2.77. The van der Waals surface area contributed by atoms with Crippen molar-refractivity contribution in [3.05, 3.63) is 23.3 Å². The number of rotatable bonds is 0. The van der Waals surface area contributed by atoms with Crippen LogP contribution in [0.5, 0.6) is 0 Å². The summed E-state index contributed by atoms with van der Waals surface area (Å²) in [5, 5.41) is 0. The molecule has 3 fully saturated rings. The van der Waals surface area contributed by atoms with E-state index >= 15 is 0 Å². The Morgan fingerprint density at radius 3 is 2.57 bits per heavy atom. The van der Waals surface area contributed by atoms with Gasteiger partial charge in [0.25, 0.3) is 0 Å².